The van der Waals surface area contributed by atoms with Crippen LogP contribution >= 0.6 is 11.6 Å². The average molecular weight is 569 g/mol. The molecule has 4 saturated carbocycles. The van der Waals surface area contributed by atoms with Crippen LogP contribution in [0.1, 0.15) is 120 Å². The Morgan fingerprint density at radius 3 is 2.21 bits per heavy atom. The fourth-order valence-corrected chi connectivity index (χ4v) is 11.1. The molecule has 4 aliphatic carbocycles. The number of ether oxygens (including phenoxy) is 2. The third-order valence-corrected chi connectivity index (χ3v) is 13.7. The van der Waals surface area contributed by atoms with Gasteiger partial charge in [-0.2, -0.15) is 0 Å². The second kappa shape index (κ2) is 10.4. The van der Waals surface area contributed by atoms with Crippen molar-refractivity contribution in [3.63, 3.8) is 0 Å². The summed E-state index contributed by atoms with van der Waals surface area (Å²) in [6.45, 7) is 18.2. The van der Waals surface area contributed by atoms with Crippen LogP contribution in [0.3, 0.4) is 0 Å². The number of rotatable bonds is 8. The molecule has 10 atom stereocenters. The molecule has 4 rings (SSSR count). The monoisotopic (exact) mass is 568 g/mol. The summed E-state index contributed by atoms with van der Waals surface area (Å²) in [6, 6.07) is 0. The van der Waals surface area contributed by atoms with E-state index in [1.807, 2.05) is 6.92 Å². The number of carbonyl (C=O) groups excluding carboxylic acids is 1. The Labute approximate surface area is 243 Å². The Bertz CT molecular complexity index is 916. The van der Waals surface area contributed by atoms with Gasteiger partial charge in [0, 0.05) is 12.5 Å². The minimum atomic E-state index is -0.802. The van der Waals surface area contributed by atoms with Gasteiger partial charge in [0.1, 0.15) is 12.0 Å². The standard InChI is InChI=1S/C33H57ClO5/c1-28(2,38-9)14-10-15-33(8,37)21-11-17-32(7)27(21)22(35)19-24-30(5)16-13-25(39-26(36)20-34)29(3,4)23(30)12-18-31(24,32)6/h21-25,27,35,37H,10-20H2,1-9H3/t21-,22+,23-,24+,25-,27-,30-,31+,32+,33+/m0/s1. The summed E-state index contributed by atoms with van der Waals surface area (Å²) < 4.78 is 11.5. The molecule has 226 valence electrons. The number of hydrogen-bond donors (Lipinski definition) is 2. The minimum Gasteiger partial charge on any atom is -0.461 e. The van der Waals surface area contributed by atoms with Gasteiger partial charge in [-0.3, -0.25) is 4.79 Å². The SMILES string of the molecule is COC(C)(C)CCC[C@@](C)(O)[C@H]1CC[C@]2(C)[C@@H]1[C@H](O)C[C@@H]1[C@@]3(C)CC[C@H](OC(=O)CCl)C(C)(C)[C@@H]3CC[C@]12C. The van der Waals surface area contributed by atoms with Gasteiger partial charge in [0.05, 0.1) is 17.3 Å². The molecule has 5 nitrogen and oxygen atoms in total. The Balaban J connectivity index is 1.58. The van der Waals surface area contributed by atoms with Gasteiger partial charge < -0.3 is 19.7 Å². The van der Waals surface area contributed by atoms with Crippen molar-refractivity contribution in [2.45, 2.75) is 143 Å². The van der Waals surface area contributed by atoms with Crippen molar-refractivity contribution in [3.05, 3.63) is 0 Å². The summed E-state index contributed by atoms with van der Waals surface area (Å²) in [4.78, 5) is 12.1. The number of carbonyl (C=O) groups is 1. The first kappa shape index (κ1) is 31.6. The molecule has 0 heterocycles. The fraction of sp³-hybridized carbons (Fsp3) is 0.970. The highest BCUT2D eigenvalue weighted by atomic mass is 35.5. The van der Waals surface area contributed by atoms with E-state index in [9.17, 15) is 15.0 Å². The fourth-order valence-electron chi connectivity index (χ4n) is 11.0. The maximum Gasteiger partial charge on any atom is 0.321 e. The van der Waals surface area contributed by atoms with E-state index in [2.05, 4.69) is 48.5 Å². The maximum atomic E-state index is 12.1. The normalized spacial score (nSPS) is 45.0. The van der Waals surface area contributed by atoms with Gasteiger partial charge in [0.15, 0.2) is 0 Å². The molecule has 0 spiro atoms. The van der Waals surface area contributed by atoms with Gasteiger partial charge in [0.2, 0.25) is 0 Å². The number of alkyl halides is 1. The first-order valence-corrected chi connectivity index (χ1v) is 16.1. The lowest BCUT2D eigenvalue weighted by molar-refractivity contribution is -0.249. The molecule has 39 heavy (non-hydrogen) atoms. The molecule has 0 saturated heterocycles. The third-order valence-electron chi connectivity index (χ3n) is 13.5. The molecule has 4 aliphatic rings. The van der Waals surface area contributed by atoms with Gasteiger partial charge in [-0.25, -0.2) is 0 Å². The zero-order chi connectivity index (χ0) is 29.2. The summed E-state index contributed by atoms with van der Waals surface area (Å²) >= 11 is 5.79. The largest absolute Gasteiger partial charge is 0.461 e. The molecule has 0 unspecified atom stereocenters. The summed E-state index contributed by atoms with van der Waals surface area (Å²) in [7, 11) is 1.76. The molecule has 0 aromatic carbocycles. The number of aliphatic hydroxyl groups is 2. The van der Waals surface area contributed by atoms with Crippen molar-refractivity contribution < 1.29 is 24.5 Å². The van der Waals surface area contributed by atoms with Crippen LogP contribution in [0.25, 0.3) is 0 Å². The maximum absolute atomic E-state index is 12.1. The number of esters is 1. The summed E-state index contributed by atoms with van der Waals surface area (Å²) in [5.74, 6) is 0.608. The van der Waals surface area contributed by atoms with Crippen molar-refractivity contribution >= 4 is 17.6 Å². The molecule has 4 fully saturated rings. The predicted octanol–water partition coefficient (Wildman–Crippen LogP) is 7.14. The highest BCUT2D eigenvalue weighted by Crippen LogP contribution is 2.75. The van der Waals surface area contributed by atoms with E-state index >= 15 is 0 Å². The smallest absolute Gasteiger partial charge is 0.321 e. The van der Waals surface area contributed by atoms with E-state index in [1.165, 1.54) is 0 Å². The van der Waals surface area contributed by atoms with Crippen LogP contribution in [0.15, 0.2) is 0 Å². The molecule has 0 radical (unpaired) electrons. The highest BCUT2D eigenvalue weighted by molar-refractivity contribution is 6.26. The second-order valence-electron chi connectivity index (χ2n) is 16.1. The molecular formula is C33H57ClO5. The van der Waals surface area contributed by atoms with E-state index in [-0.39, 0.29) is 57.1 Å². The van der Waals surface area contributed by atoms with Gasteiger partial charge in [-0.1, -0.05) is 34.6 Å². The lowest BCUT2D eigenvalue weighted by Gasteiger charge is -2.70. The predicted molar refractivity (Wildman–Crippen MR) is 157 cm³/mol. The topological polar surface area (TPSA) is 76.0 Å². The number of aliphatic hydroxyl groups excluding tert-OH is 1. The van der Waals surface area contributed by atoms with Crippen molar-refractivity contribution in [1.82, 2.24) is 0 Å². The molecule has 0 bridgehead atoms. The zero-order valence-electron chi connectivity index (χ0n) is 26.2. The van der Waals surface area contributed by atoms with E-state index < -0.39 is 11.7 Å². The van der Waals surface area contributed by atoms with Crippen LogP contribution in [-0.4, -0.2) is 52.6 Å². The number of hydrogen-bond acceptors (Lipinski definition) is 5. The van der Waals surface area contributed by atoms with Gasteiger partial charge in [0.25, 0.3) is 0 Å². The second-order valence-corrected chi connectivity index (χ2v) is 16.4. The summed E-state index contributed by atoms with van der Waals surface area (Å²) in [6.07, 6.45) is 8.95. The molecule has 0 aromatic rings. The number of fused-ring (bicyclic) bond motifs is 5. The molecule has 0 aliphatic heterocycles. The highest BCUT2D eigenvalue weighted by Gasteiger charge is 2.71. The van der Waals surface area contributed by atoms with Crippen molar-refractivity contribution in [2.24, 2.45) is 45.3 Å². The van der Waals surface area contributed by atoms with E-state index in [0.717, 1.165) is 64.2 Å². The summed E-state index contributed by atoms with van der Waals surface area (Å²) in [5, 5.41) is 23.8. The lowest BCUT2D eigenvalue weighted by Crippen LogP contribution is -2.66. The van der Waals surface area contributed by atoms with Gasteiger partial charge in [-0.15, -0.1) is 11.6 Å². The quantitative estimate of drug-likeness (QED) is 0.240. The molecular weight excluding hydrogens is 512 g/mol. The number of methoxy groups -OCH3 is 1. The van der Waals surface area contributed by atoms with Crippen LogP contribution in [0.2, 0.25) is 0 Å². The van der Waals surface area contributed by atoms with E-state index in [1.54, 1.807) is 7.11 Å². The first-order valence-electron chi connectivity index (χ1n) is 15.6. The average Bonchev–Trinajstić information content (AvgIpc) is 3.23. The molecule has 2 N–H and O–H groups in total. The Morgan fingerprint density at radius 2 is 1.59 bits per heavy atom. The van der Waals surface area contributed by atoms with Gasteiger partial charge >= 0.3 is 5.97 Å². The van der Waals surface area contributed by atoms with E-state index in [4.69, 9.17) is 21.1 Å². The third kappa shape index (κ3) is 5.01. The van der Waals surface area contributed by atoms with Crippen LogP contribution in [0.5, 0.6) is 0 Å². The molecule has 0 aromatic heterocycles. The zero-order valence-corrected chi connectivity index (χ0v) is 27.0. The minimum absolute atomic E-state index is 0.0180. The first-order chi connectivity index (χ1) is 17.9. The molecule has 6 heteroatoms. The van der Waals surface area contributed by atoms with Crippen LogP contribution in [0, 0.1) is 45.3 Å². The lowest BCUT2D eigenvalue weighted by atomic mass is 9.35. The molecule has 0 amide bonds. The Kier molecular flexibility index (Phi) is 8.44. The Hall–Kier alpha value is -0.360. The van der Waals surface area contributed by atoms with Crippen LogP contribution < -0.4 is 0 Å². The van der Waals surface area contributed by atoms with Crippen molar-refractivity contribution in [3.8, 4) is 0 Å². The van der Waals surface area contributed by atoms with Crippen LogP contribution in [-0.2, 0) is 14.3 Å². The van der Waals surface area contributed by atoms with Crippen molar-refractivity contribution in [1.29, 1.82) is 0 Å². The van der Waals surface area contributed by atoms with Crippen LogP contribution in [0.4, 0.5) is 0 Å². The number of halogens is 1. The summed E-state index contributed by atoms with van der Waals surface area (Å²) in [5.41, 5.74) is -0.979. The van der Waals surface area contributed by atoms with E-state index in [0.29, 0.717) is 11.8 Å². The van der Waals surface area contributed by atoms with Gasteiger partial charge in [-0.05, 0) is 125 Å². The van der Waals surface area contributed by atoms with Crippen molar-refractivity contribution in [2.75, 3.05) is 13.0 Å². The Morgan fingerprint density at radius 1 is 0.949 bits per heavy atom.